The topological polar surface area (TPSA) is 70.2 Å². The molecule has 7 heteroatoms. The van der Waals surface area contributed by atoms with Crippen molar-refractivity contribution in [2.45, 2.75) is 63.5 Å². The summed E-state index contributed by atoms with van der Waals surface area (Å²) in [4.78, 5) is 24.5. The van der Waals surface area contributed by atoms with Gasteiger partial charge in [-0.2, -0.15) is 0 Å². The van der Waals surface area contributed by atoms with Crippen molar-refractivity contribution < 1.29 is 18.4 Å². The molecule has 0 spiro atoms. The summed E-state index contributed by atoms with van der Waals surface area (Å²) in [6.45, 7) is 1.85. The van der Waals surface area contributed by atoms with Crippen molar-refractivity contribution in [2.24, 2.45) is 17.8 Å². The number of carbonyl (C=O) groups is 2. The molecule has 0 heterocycles. The number of nitrogens with one attached hydrogen (secondary N) is 3. The standard InChI is InChI=1S/C22H29F2N3O2/c1-13(18-3-2-17(23)9-19(18)24)26-20(28)4-5-25-21(29)27-22-10-14-6-15(11-22)8-16(7-14)12-22/h2-3,9,13-16H,4-8,10-12H2,1H3,(H,26,28)(H2,25,27,29)/t13-,14?,15?,16?,22?/m1/s1. The average molecular weight is 405 g/mol. The minimum atomic E-state index is -0.689. The van der Waals surface area contributed by atoms with Crippen LogP contribution in [0.2, 0.25) is 0 Å². The summed E-state index contributed by atoms with van der Waals surface area (Å²) in [5.41, 5.74) is 0.169. The number of hydrogen-bond acceptors (Lipinski definition) is 2. The van der Waals surface area contributed by atoms with Gasteiger partial charge >= 0.3 is 6.03 Å². The SMILES string of the molecule is C[C@@H](NC(=O)CCNC(=O)NC12CC3CC(CC(C3)C1)C2)c1ccc(F)cc1F. The summed E-state index contributed by atoms with van der Waals surface area (Å²) in [5.74, 6) is 0.614. The molecule has 1 aromatic carbocycles. The van der Waals surface area contributed by atoms with E-state index in [0.29, 0.717) is 0 Å². The van der Waals surface area contributed by atoms with Gasteiger partial charge in [-0.3, -0.25) is 4.79 Å². The molecule has 4 aliphatic carbocycles. The molecule has 1 aromatic rings. The Labute approximate surface area is 170 Å². The third kappa shape index (κ3) is 4.54. The highest BCUT2D eigenvalue weighted by molar-refractivity contribution is 5.78. The van der Waals surface area contributed by atoms with Crippen LogP contribution in [0.1, 0.15) is 63.5 Å². The van der Waals surface area contributed by atoms with Gasteiger partial charge in [-0.1, -0.05) is 6.07 Å². The number of urea groups is 1. The van der Waals surface area contributed by atoms with Crippen molar-refractivity contribution in [3.8, 4) is 0 Å². The van der Waals surface area contributed by atoms with E-state index in [1.807, 2.05) is 0 Å². The van der Waals surface area contributed by atoms with Crippen LogP contribution in [0.3, 0.4) is 0 Å². The van der Waals surface area contributed by atoms with Crippen LogP contribution in [0.4, 0.5) is 13.6 Å². The van der Waals surface area contributed by atoms with Gasteiger partial charge in [0.1, 0.15) is 11.6 Å². The van der Waals surface area contributed by atoms with Crippen LogP contribution < -0.4 is 16.0 Å². The van der Waals surface area contributed by atoms with E-state index in [9.17, 15) is 18.4 Å². The molecule has 158 valence electrons. The minimum absolute atomic E-state index is 0.0598. The molecule has 1 atom stereocenters. The lowest BCUT2D eigenvalue weighted by Gasteiger charge is -2.56. The molecule has 5 rings (SSSR count). The van der Waals surface area contributed by atoms with Crippen molar-refractivity contribution in [1.29, 1.82) is 0 Å². The highest BCUT2D eigenvalue weighted by Gasteiger charge is 2.51. The minimum Gasteiger partial charge on any atom is -0.349 e. The maximum atomic E-state index is 13.8. The second-order valence-electron chi connectivity index (χ2n) is 9.28. The van der Waals surface area contributed by atoms with Crippen LogP contribution in [0, 0.1) is 29.4 Å². The summed E-state index contributed by atoms with van der Waals surface area (Å²) >= 11 is 0. The molecule has 4 saturated carbocycles. The van der Waals surface area contributed by atoms with Gasteiger partial charge in [0.15, 0.2) is 0 Å². The molecule has 4 bridgehead atoms. The summed E-state index contributed by atoms with van der Waals surface area (Å²) in [5, 5.41) is 8.68. The van der Waals surface area contributed by atoms with Gasteiger partial charge in [-0.05, 0) is 69.3 Å². The molecule has 4 aliphatic rings. The predicted molar refractivity (Wildman–Crippen MR) is 105 cm³/mol. The Morgan fingerprint density at radius 1 is 1.10 bits per heavy atom. The van der Waals surface area contributed by atoms with Gasteiger partial charge in [0.2, 0.25) is 5.91 Å². The maximum Gasteiger partial charge on any atom is 0.315 e. The van der Waals surface area contributed by atoms with Crippen molar-refractivity contribution in [3.63, 3.8) is 0 Å². The molecule has 5 nitrogen and oxygen atoms in total. The fourth-order valence-corrected chi connectivity index (χ4v) is 6.08. The van der Waals surface area contributed by atoms with E-state index in [4.69, 9.17) is 0 Å². The highest BCUT2D eigenvalue weighted by Crippen LogP contribution is 2.55. The Kier molecular flexibility index (Phi) is 5.49. The largest absolute Gasteiger partial charge is 0.349 e. The van der Waals surface area contributed by atoms with Crippen molar-refractivity contribution >= 4 is 11.9 Å². The Bertz CT molecular complexity index is 763. The molecule has 4 fully saturated rings. The number of rotatable bonds is 6. The Morgan fingerprint density at radius 2 is 1.72 bits per heavy atom. The number of amides is 3. The van der Waals surface area contributed by atoms with Gasteiger partial charge in [-0.15, -0.1) is 0 Å². The van der Waals surface area contributed by atoms with Crippen LogP contribution in [-0.2, 0) is 4.79 Å². The third-order valence-electron chi connectivity index (χ3n) is 6.86. The number of hydrogen-bond donors (Lipinski definition) is 3. The van der Waals surface area contributed by atoms with Crippen LogP contribution in [0.5, 0.6) is 0 Å². The molecule has 3 amide bonds. The van der Waals surface area contributed by atoms with Gasteiger partial charge in [-0.25, -0.2) is 13.6 Å². The lowest BCUT2D eigenvalue weighted by atomic mass is 9.53. The normalized spacial score (nSPS) is 30.7. The van der Waals surface area contributed by atoms with E-state index in [1.165, 1.54) is 25.3 Å². The molecule has 0 radical (unpaired) electrons. The van der Waals surface area contributed by atoms with Crippen molar-refractivity contribution in [1.82, 2.24) is 16.0 Å². The summed E-state index contributed by atoms with van der Waals surface area (Å²) in [7, 11) is 0. The maximum absolute atomic E-state index is 13.8. The first kappa shape index (κ1) is 20.1. The summed E-state index contributed by atoms with van der Waals surface area (Å²) in [6.07, 6.45) is 7.27. The van der Waals surface area contributed by atoms with Crippen molar-refractivity contribution in [2.75, 3.05) is 6.54 Å². The van der Waals surface area contributed by atoms with Gasteiger partial charge in [0, 0.05) is 30.1 Å². The van der Waals surface area contributed by atoms with Crippen LogP contribution in [0.15, 0.2) is 18.2 Å². The van der Waals surface area contributed by atoms with Crippen molar-refractivity contribution in [3.05, 3.63) is 35.4 Å². The quantitative estimate of drug-likeness (QED) is 0.674. The van der Waals surface area contributed by atoms with Crippen LogP contribution in [-0.4, -0.2) is 24.0 Å². The average Bonchev–Trinajstić information content (AvgIpc) is 2.59. The van der Waals surface area contributed by atoms with E-state index >= 15 is 0 Å². The molecule has 0 unspecified atom stereocenters. The monoisotopic (exact) mass is 405 g/mol. The smallest absolute Gasteiger partial charge is 0.315 e. The third-order valence-corrected chi connectivity index (χ3v) is 6.86. The first-order valence-corrected chi connectivity index (χ1v) is 10.6. The predicted octanol–water partition coefficient (Wildman–Crippen LogP) is 3.80. The van der Waals surface area contributed by atoms with E-state index in [2.05, 4.69) is 16.0 Å². The summed E-state index contributed by atoms with van der Waals surface area (Å²) in [6, 6.07) is 2.50. The lowest BCUT2D eigenvalue weighted by molar-refractivity contribution is -0.121. The van der Waals surface area contributed by atoms with Crippen LogP contribution in [0.25, 0.3) is 0 Å². The second kappa shape index (κ2) is 7.92. The molecule has 29 heavy (non-hydrogen) atoms. The molecule has 3 N–H and O–H groups in total. The molecule has 0 aliphatic heterocycles. The Hall–Kier alpha value is -2.18. The van der Waals surface area contributed by atoms with Crippen LogP contribution >= 0.6 is 0 Å². The zero-order chi connectivity index (χ0) is 20.6. The van der Waals surface area contributed by atoms with Gasteiger partial charge in [0.25, 0.3) is 0 Å². The molecular weight excluding hydrogens is 376 g/mol. The zero-order valence-corrected chi connectivity index (χ0v) is 16.8. The number of benzene rings is 1. The zero-order valence-electron chi connectivity index (χ0n) is 16.8. The molecule has 0 aromatic heterocycles. The Morgan fingerprint density at radius 3 is 2.31 bits per heavy atom. The highest BCUT2D eigenvalue weighted by atomic mass is 19.1. The first-order chi connectivity index (χ1) is 13.8. The second-order valence-corrected chi connectivity index (χ2v) is 9.28. The number of carbonyl (C=O) groups excluding carboxylic acids is 2. The number of halogens is 2. The Balaban J connectivity index is 1.21. The lowest BCUT2D eigenvalue weighted by Crippen LogP contribution is -2.61. The first-order valence-electron chi connectivity index (χ1n) is 10.6. The van der Waals surface area contributed by atoms with E-state index in [1.54, 1.807) is 6.92 Å². The fourth-order valence-electron chi connectivity index (χ4n) is 6.08. The molecule has 0 saturated heterocycles. The van der Waals surface area contributed by atoms with Gasteiger partial charge in [0.05, 0.1) is 6.04 Å². The van der Waals surface area contributed by atoms with E-state index < -0.39 is 17.7 Å². The summed E-state index contributed by atoms with van der Waals surface area (Å²) < 4.78 is 26.8. The fraction of sp³-hybridized carbons (Fsp3) is 0.636. The van der Waals surface area contributed by atoms with Gasteiger partial charge < -0.3 is 16.0 Å². The van der Waals surface area contributed by atoms with E-state index in [0.717, 1.165) is 49.1 Å². The molecular formula is C22H29F2N3O2. The van der Waals surface area contributed by atoms with E-state index in [-0.39, 0.29) is 36.0 Å².